The molecule has 0 spiro atoms. The van der Waals surface area contributed by atoms with Crippen molar-refractivity contribution >= 4 is 17.7 Å². The third-order valence-corrected chi connectivity index (χ3v) is 9.73. The van der Waals surface area contributed by atoms with Gasteiger partial charge in [0.05, 0.1) is 6.61 Å². The van der Waals surface area contributed by atoms with E-state index in [-0.39, 0.29) is 23.5 Å². The second kappa shape index (κ2) is 17.4. The molecule has 1 aliphatic rings. The Bertz CT molecular complexity index is 1740. The highest BCUT2D eigenvalue weighted by molar-refractivity contribution is 5.99. The summed E-state index contributed by atoms with van der Waals surface area (Å²) in [5.74, 6) is -0.680. The van der Waals surface area contributed by atoms with Gasteiger partial charge in [-0.15, -0.1) is 0 Å². The number of hydrogen-bond acceptors (Lipinski definition) is 6. The Hall–Kier alpha value is -4.85. The second-order valence-corrected chi connectivity index (χ2v) is 14.7. The first-order valence-electron chi connectivity index (χ1n) is 18.3. The monoisotopic (exact) mass is 689 g/mol. The zero-order chi connectivity index (χ0) is 36.4. The third-order valence-electron chi connectivity index (χ3n) is 9.73. The highest BCUT2D eigenvalue weighted by Gasteiger charge is 2.38. The number of nitrogens with zero attached hydrogens (tertiary/aromatic N) is 3. The molecule has 8 nitrogen and oxygen atoms in total. The first-order valence-corrected chi connectivity index (χ1v) is 18.3. The lowest BCUT2D eigenvalue weighted by Crippen LogP contribution is -2.44. The Morgan fingerprint density at radius 3 is 2.12 bits per heavy atom. The number of ether oxygens (including phenoxy) is 1. The molecule has 1 fully saturated rings. The summed E-state index contributed by atoms with van der Waals surface area (Å²) in [4.78, 5) is 50.0. The maximum absolute atomic E-state index is 13.8. The lowest BCUT2D eigenvalue weighted by molar-refractivity contribution is -0.149. The van der Waals surface area contributed by atoms with Crippen molar-refractivity contribution in [2.45, 2.75) is 96.9 Å². The average molecular weight is 690 g/mol. The number of aliphatic carboxylic acids is 1. The highest BCUT2D eigenvalue weighted by Crippen LogP contribution is 2.28. The molecule has 4 aromatic rings. The van der Waals surface area contributed by atoms with E-state index in [1.54, 1.807) is 0 Å². The van der Waals surface area contributed by atoms with E-state index in [0.717, 1.165) is 46.6 Å². The number of benzene rings is 3. The first-order chi connectivity index (χ1) is 24.5. The van der Waals surface area contributed by atoms with E-state index in [1.165, 1.54) is 30.6 Å². The lowest BCUT2D eigenvalue weighted by Gasteiger charge is -2.27. The molecule has 1 amide bonds. The minimum absolute atomic E-state index is 0.00495. The van der Waals surface area contributed by atoms with Gasteiger partial charge in [-0.05, 0) is 59.9 Å². The molecule has 3 aromatic carbocycles. The smallest absolute Gasteiger partial charge is 0.326 e. The van der Waals surface area contributed by atoms with Crippen LogP contribution in [0, 0.1) is 5.92 Å². The third kappa shape index (κ3) is 10.1. The van der Waals surface area contributed by atoms with E-state index in [1.807, 2.05) is 85.2 Å². The largest absolute Gasteiger partial charge is 0.494 e. The molecule has 2 heterocycles. The quantitative estimate of drug-likeness (QED) is 0.0924. The van der Waals surface area contributed by atoms with Crippen LogP contribution >= 0.6 is 0 Å². The molecule has 0 saturated carbocycles. The number of carboxylic acids is 1. The van der Waals surface area contributed by atoms with Crippen LogP contribution in [0.5, 0.6) is 5.75 Å². The summed E-state index contributed by atoms with van der Waals surface area (Å²) in [6, 6.07) is 22.4. The van der Waals surface area contributed by atoms with Crippen LogP contribution in [0.15, 0.2) is 85.2 Å². The van der Waals surface area contributed by atoms with E-state index < -0.39 is 17.9 Å². The van der Waals surface area contributed by atoms with Crippen LogP contribution in [0.25, 0.3) is 22.5 Å². The van der Waals surface area contributed by atoms with Crippen molar-refractivity contribution in [1.29, 1.82) is 0 Å². The van der Waals surface area contributed by atoms with Gasteiger partial charge in [0.1, 0.15) is 11.8 Å². The van der Waals surface area contributed by atoms with Crippen LogP contribution < -0.4 is 4.74 Å². The van der Waals surface area contributed by atoms with Gasteiger partial charge >= 0.3 is 5.97 Å². The van der Waals surface area contributed by atoms with Crippen LogP contribution in [0.2, 0.25) is 0 Å². The molecule has 0 aliphatic carbocycles. The fourth-order valence-electron chi connectivity index (χ4n) is 6.61. The standard InChI is InChI=1S/C43H51N3O5/c1-5-6-7-8-9-25-51-37-22-18-31(19-23-37)35-28-44-40(45-29-35)33-14-12-30(13-15-33)26-34(41(48)46-24-10-11-38(46)42(49)50)27-39(47)32-16-20-36(21-17-32)43(2,3)4/h12-23,28-29,34,38H,5-11,24-27H2,1-4H3,(H,49,50)/t34-,38+/m1/s1. The number of aromatic nitrogens is 2. The number of rotatable bonds is 16. The summed E-state index contributed by atoms with van der Waals surface area (Å²) in [7, 11) is 0. The number of unbranched alkanes of at least 4 members (excludes halogenated alkanes) is 4. The fourth-order valence-corrected chi connectivity index (χ4v) is 6.61. The number of amides is 1. The van der Waals surface area contributed by atoms with Crippen LogP contribution in [0.3, 0.4) is 0 Å². The molecule has 0 radical (unpaired) electrons. The predicted molar refractivity (Wildman–Crippen MR) is 201 cm³/mol. The van der Waals surface area contributed by atoms with Gasteiger partial charge in [-0.3, -0.25) is 9.59 Å². The van der Waals surface area contributed by atoms with Crippen LogP contribution in [-0.2, 0) is 21.4 Å². The van der Waals surface area contributed by atoms with E-state index in [2.05, 4.69) is 37.7 Å². The molecule has 2 atom stereocenters. The Balaban J connectivity index is 1.25. The lowest BCUT2D eigenvalue weighted by atomic mass is 9.85. The zero-order valence-corrected chi connectivity index (χ0v) is 30.4. The summed E-state index contributed by atoms with van der Waals surface area (Å²) in [6.07, 6.45) is 11.0. The molecule has 268 valence electrons. The Morgan fingerprint density at radius 2 is 1.49 bits per heavy atom. The number of carbonyl (C=O) groups excluding carboxylic acids is 2. The Morgan fingerprint density at radius 1 is 0.843 bits per heavy atom. The van der Waals surface area contributed by atoms with E-state index in [4.69, 9.17) is 4.74 Å². The van der Waals surface area contributed by atoms with Gasteiger partial charge in [0, 0.05) is 48.0 Å². The summed E-state index contributed by atoms with van der Waals surface area (Å²) >= 11 is 0. The van der Waals surface area contributed by atoms with Crippen LogP contribution in [0.4, 0.5) is 0 Å². The van der Waals surface area contributed by atoms with Gasteiger partial charge in [0.15, 0.2) is 11.6 Å². The molecule has 8 heteroatoms. The van der Waals surface area contributed by atoms with E-state index in [9.17, 15) is 19.5 Å². The Labute approximate surface area is 302 Å². The number of hydrogen-bond donors (Lipinski definition) is 1. The number of carbonyl (C=O) groups is 3. The maximum atomic E-state index is 13.8. The minimum Gasteiger partial charge on any atom is -0.494 e. The van der Waals surface area contributed by atoms with Crippen LogP contribution in [-0.4, -0.2) is 56.8 Å². The molecule has 1 saturated heterocycles. The van der Waals surface area contributed by atoms with Crippen molar-refractivity contribution in [1.82, 2.24) is 14.9 Å². The van der Waals surface area contributed by atoms with Gasteiger partial charge in [-0.25, -0.2) is 14.8 Å². The highest BCUT2D eigenvalue weighted by atomic mass is 16.5. The molecule has 5 rings (SSSR count). The molecule has 0 bridgehead atoms. The van der Waals surface area contributed by atoms with Gasteiger partial charge in [0.2, 0.25) is 5.91 Å². The number of ketones is 1. The van der Waals surface area contributed by atoms with Crippen molar-refractivity contribution in [3.63, 3.8) is 0 Å². The molecule has 0 unspecified atom stereocenters. The van der Waals surface area contributed by atoms with E-state index in [0.29, 0.717) is 37.2 Å². The topological polar surface area (TPSA) is 110 Å². The minimum atomic E-state index is -1.01. The normalized spacial score (nSPS) is 15.1. The SMILES string of the molecule is CCCCCCCOc1ccc(-c2cnc(-c3ccc(C[C@H](CC(=O)c4ccc(C(C)(C)C)cc4)C(=O)N4CCC[C@H]4C(=O)O)cc3)nc2)cc1. The number of carboxylic acid groups (broad SMARTS) is 1. The van der Waals surface area contributed by atoms with Gasteiger partial charge in [0.25, 0.3) is 0 Å². The van der Waals surface area contributed by atoms with Gasteiger partial charge < -0.3 is 14.7 Å². The van der Waals surface area contributed by atoms with E-state index >= 15 is 0 Å². The van der Waals surface area contributed by atoms with Crippen molar-refractivity contribution < 1.29 is 24.2 Å². The zero-order valence-electron chi connectivity index (χ0n) is 30.4. The maximum Gasteiger partial charge on any atom is 0.326 e. The molecule has 1 aliphatic heterocycles. The van der Waals surface area contributed by atoms with Crippen molar-refractivity contribution in [2.75, 3.05) is 13.2 Å². The molecular weight excluding hydrogens is 638 g/mol. The summed E-state index contributed by atoms with van der Waals surface area (Å²) in [5, 5.41) is 9.77. The van der Waals surface area contributed by atoms with Gasteiger partial charge in [-0.1, -0.05) is 114 Å². The summed E-state index contributed by atoms with van der Waals surface area (Å²) < 4.78 is 5.90. The molecule has 51 heavy (non-hydrogen) atoms. The Kier molecular flexibility index (Phi) is 12.8. The number of likely N-dealkylation sites (tertiary alicyclic amines) is 1. The van der Waals surface area contributed by atoms with Crippen molar-refractivity contribution in [3.05, 3.63) is 102 Å². The molecular formula is C43H51N3O5. The second-order valence-electron chi connectivity index (χ2n) is 14.7. The summed E-state index contributed by atoms with van der Waals surface area (Å²) in [6.45, 7) is 9.68. The fraction of sp³-hybridized carbons (Fsp3) is 0.419. The molecule has 1 aromatic heterocycles. The number of Topliss-reactive ketones (excluding diaryl/α,β-unsaturated/α-hetero) is 1. The van der Waals surface area contributed by atoms with Crippen LogP contribution in [0.1, 0.15) is 101 Å². The average Bonchev–Trinajstić information content (AvgIpc) is 3.64. The van der Waals surface area contributed by atoms with Gasteiger partial charge in [-0.2, -0.15) is 0 Å². The molecule has 1 N–H and O–H groups in total. The van der Waals surface area contributed by atoms with Crippen molar-refractivity contribution in [3.8, 4) is 28.3 Å². The first kappa shape index (κ1) is 37.4. The van der Waals surface area contributed by atoms with Crippen molar-refractivity contribution in [2.24, 2.45) is 5.92 Å². The summed E-state index contributed by atoms with van der Waals surface area (Å²) in [5.41, 5.74) is 5.23. The predicted octanol–water partition coefficient (Wildman–Crippen LogP) is 8.96.